The summed E-state index contributed by atoms with van der Waals surface area (Å²) in [7, 11) is 6.58. The number of benzene rings is 3. The lowest BCUT2D eigenvalue weighted by atomic mass is 10.1. The van der Waals surface area contributed by atoms with Crippen LogP contribution in [0, 0.1) is 5.92 Å². The molecule has 0 unspecified atom stereocenters. The van der Waals surface area contributed by atoms with Crippen LogP contribution in [-0.4, -0.2) is 28.4 Å². The van der Waals surface area contributed by atoms with Crippen LogP contribution in [0.25, 0.3) is 11.1 Å². The van der Waals surface area contributed by atoms with Crippen LogP contribution in [0.15, 0.2) is 72.8 Å². The molecule has 162 valence electrons. The summed E-state index contributed by atoms with van der Waals surface area (Å²) in [6.07, 6.45) is 0. The Balaban J connectivity index is 0.000000274. The molecule has 30 heavy (non-hydrogen) atoms. The Kier molecular flexibility index (Phi) is 11.6. The summed E-state index contributed by atoms with van der Waals surface area (Å²) in [5.74, 6) is 4.12. The second-order valence-corrected chi connectivity index (χ2v) is 7.04. The van der Waals surface area contributed by atoms with Gasteiger partial charge in [-0.05, 0) is 53.4 Å². The molecule has 0 spiro atoms. The van der Waals surface area contributed by atoms with Crippen molar-refractivity contribution in [2.75, 3.05) is 28.4 Å². The monoisotopic (exact) mass is 410 g/mol. The number of hydrogen-bond acceptors (Lipinski definition) is 4. The lowest BCUT2D eigenvalue weighted by Crippen LogP contribution is -1.88. The summed E-state index contributed by atoms with van der Waals surface area (Å²) in [4.78, 5) is 0. The van der Waals surface area contributed by atoms with Crippen molar-refractivity contribution in [1.29, 1.82) is 0 Å². The fraction of sp³-hybridized carbons (Fsp3) is 0.308. The third-order valence-corrected chi connectivity index (χ3v) is 3.80. The molecule has 0 N–H and O–H groups in total. The summed E-state index contributed by atoms with van der Waals surface area (Å²) < 4.78 is 20.3. The third-order valence-electron chi connectivity index (χ3n) is 3.80. The minimum Gasteiger partial charge on any atom is -0.497 e. The second-order valence-electron chi connectivity index (χ2n) is 7.04. The van der Waals surface area contributed by atoms with Gasteiger partial charge in [0, 0.05) is 0 Å². The van der Waals surface area contributed by atoms with Gasteiger partial charge >= 0.3 is 0 Å². The van der Waals surface area contributed by atoms with Crippen LogP contribution in [0.5, 0.6) is 23.0 Å². The van der Waals surface area contributed by atoms with E-state index >= 15 is 0 Å². The van der Waals surface area contributed by atoms with Gasteiger partial charge in [0.2, 0.25) is 0 Å². The molecule has 0 heterocycles. The molecule has 0 aromatic heterocycles. The van der Waals surface area contributed by atoms with E-state index in [0.29, 0.717) is 0 Å². The highest BCUT2D eigenvalue weighted by Gasteiger charge is 1.99. The Morgan fingerprint density at radius 2 is 0.767 bits per heavy atom. The molecule has 0 aliphatic carbocycles. The van der Waals surface area contributed by atoms with E-state index in [-0.39, 0.29) is 0 Å². The Bertz CT molecular complexity index is 753. The van der Waals surface area contributed by atoms with Gasteiger partial charge in [-0.3, -0.25) is 0 Å². The Morgan fingerprint density at radius 1 is 0.467 bits per heavy atom. The van der Waals surface area contributed by atoms with Crippen molar-refractivity contribution in [3.05, 3.63) is 72.8 Å². The molecule has 4 heteroatoms. The summed E-state index contributed by atoms with van der Waals surface area (Å²) in [6, 6.07) is 23.5. The van der Waals surface area contributed by atoms with E-state index in [4.69, 9.17) is 18.9 Å². The van der Waals surface area contributed by atoms with E-state index in [1.807, 2.05) is 72.8 Å². The van der Waals surface area contributed by atoms with Crippen LogP contribution in [0.1, 0.15) is 20.8 Å². The molecular formula is C26H34O4. The summed E-state index contributed by atoms with van der Waals surface area (Å²) in [5.41, 5.74) is 2.34. The van der Waals surface area contributed by atoms with Gasteiger partial charge in [-0.2, -0.15) is 0 Å². The molecule has 0 fully saturated rings. The van der Waals surface area contributed by atoms with Crippen molar-refractivity contribution in [2.45, 2.75) is 20.8 Å². The van der Waals surface area contributed by atoms with Crippen molar-refractivity contribution in [3.8, 4) is 34.1 Å². The van der Waals surface area contributed by atoms with Crippen molar-refractivity contribution in [3.63, 3.8) is 0 Å². The Morgan fingerprint density at radius 3 is 1.00 bits per heavy atom. The molecular weight excluding hydrogens is 376 g/mol. The van der Waals surface area contributed by atoms with Crippen LogP contribution >= 0.6 is 0 Å². The van der Waals surface area contributed by atoms with E-state index in [9.17, 15) is 0 Å². The molecule has 4 nitrogen and oxygen atoms in total. The maximum atomic E-state index is 5.12. The molecule has 0 atom stereocenters. The molecule has 3 aromatic carbocycles. The minimum atomic E-state index is 0.769. The van der Waals surface area contributed by atoms with E-state index < -0.39 is 0 Å². The van der Waals surface area contributed by atoms with Crippen molar-refractivity contribution >= 4 is 0 Å². The SMILES string of the molecule is CC(C)C.COc1ccc(-c2ccc(OC)cc2)cc1.COc1ccccc1OC. The normalized spacial score (nSPS) is 9.47. The number of para-hydroxylation sites is 2. The molecule has 0 aliphatic heterocycles. The first-order chi connectivity index (χ1) is 14.4. The van der Waals surface area contributed by atoms with Crippen molar-refractivity contribution in [2.24, 2.45) is 5.92 Å². The van der Waals surface area contributed by atoms with Crippen molar-refractivity contribution in [1.82, 2.24) is 0 Å². The summed E-state index contributed by atoms with van der Waals surface area (Å²) in [6.45, 7) is 6.50. The topological polar surface area (TPSA) is 36.9 Å². The summed E-state index contributed by atoms with van der Waals surface area (Å²) >= 11 is 0. The zero-order valence-corrected chi connectivity index (χ0v) is 19.1. The molecule has 0 bridgehead atoms. The predicted molar refractivity (Wildman–Crippen MR) is 125 cm³/mol. The van der Waals surface area contributed by atoms with Gasteiger partial charge in [0.1, 0.15) is 11.5 Å². The van der Waals surface area contributed by atoms with Crippen molar-refractivity contribution < 1.29 is 18.9 Å². The van der Waals surface area contributed by atoms with Crippen LogP contribution in [0.3, 0.4) is 0 Å². The van der Waals surface area contributed by atoms with Crippen LogP contribution in [0.4, 0.5) is 0 Å². The van der Waals surface area contributed by atoms with E-state index in [0.717, 1.165) is 28.9 Å². The number of rotatable bonds is 5. The Labute approximate surface area is 181 Å². The highest BCUT2D eigenvalue weighted by atomic mass is 16.5. The number of methoxy groups -OCH3 is 4. The molecule has 3 aromatic rings. The van der Waals surface area contributed by atoms with E-state index in [1.54, 1.807) is 28.4 Å². The fourth-order valence-electron chi connectivity index (χ4n) is 2.35. The smallest absolute Gasteiger partial charge is 0.160 e. The lowest BCUT2D eigenvalue weighted by molar-refractivity contribution is 0.355. The fourth-order valence-corrected chi connectivity index (χ4v) is 2.35. The predicted octanol–water partition coefficient (Wildman–Crippen LogP) is 6.74. The minimum absolute atomic E-state index is 0.769. The second kappa shape index (κ2) is 13.9. The van der Waals surface area contributed by atoms with Crippen LogP contribution in [-0.2, 0) is 0 Å². The molecule has 0 saturated heterocycles. The first-order valence-electron chi connectivity index (χ1n) is 9.90. The van der Waals surface area contributed by atoms with Gasteiger partial charge in [0.25, 0.3) is 0 Å². The average molecular weight is 411 g/mol. The first kappa shape index (κ1) is 24.9. The van der Waals surface area contributed by atoms with Gasteiger partial charge in [0.15, 0.2) is 11.5 Å². The zero-order valence-electron chi connectivity index (χ0n) is 19.1. The maximum absolute atomic E-state index is 5.12. The van der Waals surface area contributed by atoms with E-state index in [1.165, 1.54) is 11.1 Å². The average Bonchev–Trinajstić information content (AvgIpc) is 2.79. The lowest BCUT2D eigenvalue weighted by Gasteiger charge is -2.05. The highest BCUT2D eigenvalue weighted by molar-refractivity contribution is 5.64. The summed E-state index contributed by atoms with van der Waals surface area (Å²) in [5, 5.41) is 0. The quantitative estimate of drug-likeness (QED) is 0.467. The molecule has 0 aliphatic rings. The number of hydrogen-bond donors (Lipinski definition) is 0. The largest absolute Gasteiger partial charge is 0.497 e. The number of ether oxygens (including phenoxy) is 4. The van der Waals surface area contributed by atoms with Gasteiger partial charge < -0.3 is 18.9 Å². The zero-order chi connectivity index (χ0) is 22.4. The van der Waals surface area contributed by atoms with Crippen LogP contribution in [0.2, 0.25) is 0 Å². The molecule has 3 rings (SSSR count). The van der Waals surface area contributed by atoms with E-state index in [2.05, 4.69) is 20.8 Å². The van der Waals surface area contributed by atoms with Crippen LogP contribution < -0.4 is 18.9 Å². The van der Waals surface area contributed by atoms with Gasteiger partial charge in [-0.1, -0.05) is 57.2 Å². The van der Waals surface area contributed by atoms with Gasteiger partial charge in [0.05, 0.1) is 28.4 Å². The third kappa shape index (κ3) is 8.91. The Hall–Kier alpha value is -3.14. The maximum Gasteiger partial charge on any atom is 0.160 e. The molecule has 0 radical (unpaired) electrons. The standard InChI is InChI=1S/C14H14O2.C8H10O2.C4H10/c1-15-13-7-3-11(4-8-13)12-5-9-14(16-2)10-6-12;1-9-7-5-3-4-6-8(7)10-2;1-4(2)3/h3-10H,1-2H3;3-6H,1-2H3;4H,1-3H3. The van der Waals surface area contributed by atoms with Gasteiger partial charge in [-0.15, -0.1) is 0 Å². The highest BCUT2D eigenvalue weighted by Crippen LogP contribution is 2.25. The first-order valence-corrected chi connectivity index (χ1v) is 9.90. The molecule has 0 saturated carbocycles. The molecule has 0 amide bonds. The van der Waals surface area contributed by atoms with Gasteiger partial charge in [-0.25, -0.2) is 0 Å².